The molecule has 2 fully saturated rings. The Morgan fingerprint density at radius 2 is 2.05 bits per heavy atom. The normalized spacial score (nSPS) is 26.2. The predicted octanol–water partition coefficient (Wildman–Crippen LogP) is 0.930. The van der Waals surface area contributed by atoms with E-state index in [2.05, 4.69) is 12.2 Å². The highest BCUT2D eigenvalue weighted by molar-refractivity contribution is 5.88. The lowest BCUT2D eigenvalue weighted by atomic mass is 9.75. The minimum Gasteiger partial charge on any atom is -0.467 e. The smallest absolute Gasteiger partial charge is 0.328 e. The van der Waals surface area contributed by atoms with E-state index in [4.69, 9.17) is 4.74 Å². The van der Waals surface area contributed by atoms with Gasteiger partial charge in [0.25, 0.3) is 0 Å². The van der Waals surface area contributed by atoms with Gasteiger partial charge in [0, 0.05) is 6.54 Å². The highest BCUT2D eigenvalue weighted by Crippen LogP contribution is 2.37. The van der Waals surface area contributed by atoms with Gasteiger partial charge >= 0.3 is 5.97 Å². The molecule has 0 radical (unpaired) electrons. The van der Waals surface area contributed by atoms with Gasteiger partial charge in [-0.15, -0.1) is 0 Å². The lowest BCUT2D eigenvalue weighted by Gasteiger charge is -2.39. The van der Waals surface area contributed by atoms with Crippen molar-refractivity contribution in [3.63, 3.8) is 0 Å². The molecule has 1 unspecified atom stereocenters. The Morgan fingerprint density at radius 3 is 2.63 bits per heavy atom. The fourth-order valence-electron chi connectivity index (χ4n) is 3.32. The molecule has 0 aliphatic carbocycles. The molecule has 2 heterocycles. The Balaban J connectivity index is 2.14. The van der Waals surface area contributed by atoms with Crippen molar-refractivity contribution in [1.82, 2.24) is 10.2 Å². The Bertz CT molecular complexity index is 351. The van der Waals surface area contributed by atoms with Crippen LogP contribution < -0.4 is 5.32 Å². The molecular weight excluding hydrogens is 244 g/mol. The van der Waals surface area contributed by atoms with Crippen LogP contribution in [-0.2, 0) is 14.3 Å². The van der Waals surface area contributed by atoms with Crippen LogP contribution in [0.4, 0.5) is 0 Å². The molecule has 19 heavy (non-hydrogen) atoms. The number of hydrogen-bond donors (Lipinski definition) is 1. The molecule has 2 aliphatic rings. The van der Waals surface area contributed by atoms with Crippen LogP contribution in [0.25, 0.3) is 0 Å². The summed E-state index contributed by atoms with van der Waals surface area (Å²) < 4.78 is 4.82. The summed E-state index contributed by atoms with van der Waals surface area (Å²) in [5, 5.41) is 3.30. The van der Waals surface area contributed by atoms with E-state index >= 15 is 0 Å². The van der Waals surface area contributed by atoms with E-state index in [9.17, 15) is 9.59 Å². The van der Waals surface area contributed by atoms with E-state index in [-0.39, 0.29) is 23.3 Å². The van der Waals surface area contributed by atoms with Crippen molar-refractivity contribution in [3.8, 4) is 0 Å². The van der Waals surface area contributed by atoms with Crippen molar-refractivity contribution in [2.24, 2.45) is 5.41 Å². The highest BCUT2D eigenvalue weighted by atomic mass is 16.5. The third kappa shape index (κ3) is 2.61. The number of nitrogens with zero attached hydrogens (tertiary/aromatic N) is 1. The number of methoxy groups -OCH3 is 1. The first-order chi connectivity index (χ1) is 9.14. The standard InChI is InChI=1S/C14H24N2O3/c1-3-14(6-8-15-9-7-14)13(18)16-10-4-5-11(16)12(17)19-2/h11,15H,3-10H2,1-2H3. The van der Waals surface area contributed by atoms with Gasteiger partial charge < -0.3 is 15.0 Å². The number of esters is 1. The molecule has 0 saturated carbocycles. The molecule has 108 valence electrons. The van der Waals surface area contributed by atoms with Gasteiger partial charge in [-0.25, -0.2) is 4.79 Å². The van der Waals surface area contributed by atoms with Gasteiger partial charge in [-0.3, -0.25) is 4.79 Å². The second-order valence-electron chi connectivity index (χ2n) is 5.56. The van der Waals surface area contributed by atoms with Crippen LogP contribution >= 0.6 is 0 Å². The number of likely N-dealkylation sites (tertiary alicyclic amines) is 1. The molecule has 1 N–H and O–H groups in total. The number of hydrogen-bond acceptors (Lipinski definition) is 4. The van der Waals surface area contributed by atoms with E-state index in [0.717, 1.165) is 45.2 Å². The van der Waals surface area contributed by atoms with Crippen LogP contribution in [-0.4, -0.2) is 49.6 Å². The fraction of sp³-hybridized carbons (Fsp3) is 0.857. The van der Waals surface area contributed by atoms with Crippen LogP contribution in [0.2, 0.25) is 0 Å². The molecule has 0 aromatic carbocycles. The first-order valence-corrected chi connectivity index (χ1v) is 7.24. The second-order valence-corrected chi connectivity index (χ2v) is 5.56. The Morgan fingerprint density at radius 1 is 1.37 bits per heavy atom. The van der Waals surface area contributed by atoms with E-state index in [1.807, 2.05) is 0 Å². The molecule has 0 bridgehead atoms. The number of carbonyl (C=O) groups excluding carboxylic acids is 2. The van der Waals surface area contributed by atoms with Crippen LogP contribution in [0, 0.1) is 5.41 Å². The summed E-state index contributed by atoms with van der Waals surface area (Å²) in [6.45, 7) is 4.53. The van der Waals surface area contributed by atoms with Crippen LogP contribution in [0.15, 0.2) is 0 Å². The van der Waals surface area contributed by atoms with Gasteiger partial charge in [0.15, 0.2) is 0 Å². The zero-order valence-corrected chi connectivity index (χ0v) is 11.9. The number of amides is 1. The van der Waals surface area contributed by atoms with Gasteiger partial charge in [0.1, 0.15) is 6.04 Å². The monoisotopic (exact) mass is 268 g/mol. The first kappa shape index (κ1) is 14.3. The van der Waals surface area contributed by atoms with Crippen LogP contribution in [0.1, 0.15) is 39.0 Å². The first-order valence-electron chi connectivity index (χ1n) is 7.24. The Labute approximate surface area is 114 Å². The van der Waals surface area contributed by atoms with Crippen molar-refractivity contribution in [3.05, 3.63) is 0 Å². The average molecular weight is 268 g/mol. The summed E-state index contributed by atoms with van der Waals surface area (Å²) in [5.74, 6) is -0.115. The summed E-state index contributed by atoms with van der Waals surface area (Å²) in [6, 6.07) is -0.365. The predicted molar refractivity (Wildman–Crippen MR) is 71.6 cm³/mol. The molecule has 2 rings (SSSR count). The number of piperidine rings is 1. The average Bonchev–Trinajstić information content (AvgIpc) is 2.95. The Kier molecular flexibility index (Phi) is 4.45. The molecule has 0 aromatic rings. The van der Waals surface area contributed by atoms with Gasteiger partial charge in [-0.1, -0.05) is 6.92 Å². The zero-order chi connectivity index (χ0) is 13.9. The molecule has 1 atom stereocenters. The van der Waals surface area contributed by atoms with E-state index < -0.39 is 0 Å². The van der Waals surface area contributed by atoms with Gasteiger partial charge in [0.05, 0.1) is 12.5 Å². The number of rotatable bonds is 3. The van der Waals surface area contributed by atoms with E-state index in [1.165, 1.54) is 7.11 Å². The summed E-state index contributed by atoms with van der Waals surface area (Å²) in [4.78, 5) is 26.4. The quantitative estimate of drug-likeness (QED) is 0.774. The van der Waals surface area contributed by atoms with E-state index in [0.29, 0.717) is 6.54 Å². The van der Waals surface area contributed by atoms with Gasteiger partial charge in [0.2, 0.25) is 5.91 Å². The number of ether oxygens (including phenoxy) is 1. The lowest BCUT2D eigenvalue weighted by molar-refractivity contribution is -0.156. The van der Waals surface area contributed by atoms with E-state index in [1.54, 1.807) is 4.90 Å². The molecular formula is C14H24N2O3. The minimum absolute atomic E-state index is 0.157. The molecule has 2 saturated heterocycles. The zero-order valence-electron chi connectivity index (χ0n) is 11.9. The number of nitrogens with one attached hydrogen (secondary N) is 1. The minimum atomic E-state index is -0.365. The molecule has 5 heteroatoms. The van der Waals surface area contributed by atoms with Crippen LogP contribution in [0.5, 0.6) is 0 Å². The van der Waals surface area contributed by atoms with Crippen molar-refractivity contribution in [2.75, 3.05) is 26.7 Å². The maximum absolute atomic E-state index is 12.9. The molecule has 2 aliphatic heterocycles. The van der Waals surface area contributed by atoms with Crippen molar-refractivity contribution in [1.29, 1.82) is 0 Å². The van der Waals surface area contributed by atoms with Crippen molar-refractivity contribution >= 4 is 11.9 Å². The molecule has 0 spiro atoms. The largest absolute Gasteiger partial charge is 0.467 e. The second kappa shape index (κ2) is 5.90. The van der Waals surface area contributed by atoms with Crippen LogP contribution in [0.3, 0.4) is 0 Å². The summed E-state index contributed by atoms with van der Waals surface area (Å²) >= 11 is 0. The highest BCUT2D eigenvalue weighted by Gasteiger charge is 2.45. The third-order valence-electron chi connectivity index (χ3n) is 4.68. The van der Waals surface area contributed by atoms with Gasteiger partial charge in [-0.2, -0.15) is 0 Å². The summed E-state index contributed by atoms with van der Waals surface area (Å²) in [7, 11) is 1.39. The summed E-state index contributed by atoms with van der Waals surface area (Å²) in [6.07, 6.45) is 4.21. The SMILES string of the molecule is CCC1(C(=O)N2CCCC2C(=O)OC)CCNCC1. The van der Waals surface area contributed by atoms with Crippen molar-refractivity contribution < 1.29 is 14.3 Å². The fourth-order valence-corrected chi connectivity index (χ4v) is 3.32. The maximum atomic E-state index is 12.9. The molecule has 1 amide bonds. The van der Waals surface area contributed by atoms with Crippen molar-refractivity contribution in [2.45, 2.75) is 45.1 Å². The third-order valence-corrected chi connectivity index (χ3v) is 4.68. The van der Waals surface area contributed by atoms with Gasteiger partial charge in [-0.05, 0) is 45.2 Å². The molecule has 5 nitrogen and oxygen atoms in total. The lowest BCUT2D eigenvalue weighted by Crippen LogP contribution is -2.52. The number of carbonyl (C=O) groups is 2. The summed E-state index contributed by atoms with van der Waals surface area (Å²) in [5.41, 5.74) is -0.276. The molecule has 0 aromatic heterocycles. The topological polar surface area (TPSA) is 58.6 Å². The maximum Gasteiger partial charge on any atom is 0.328 e. The Hall–Kier alpha value is -1.10.